The summed E-state index contributed by atoms with van der Waals surface area (Å²) in [5.74, 6) is 0.258. The molecule has 1 rings (SSSR count). The normalized spacial score (nSPS) is 15.5. The lowest BCUT2D eigenvalue weighted by atomic mass is 9.81. The number of aryl methyl sites for hydroxylation is 1. The molecule has 102 valence electrons. The van der Waals surface area contributed by atoms with Crippen molar-refractivity contribution in [1.29, 1.82) is 0 Å². The Labute approximate surface area is 111 Å². The second-order valence-electron chi connectivity index (χ2n) is 6.30. The first-order chi connectivity index (χ1) is 8.25. The molecule has 0 bridgehead atoms. The monoisotopic (exact) mass is 250 g/mol. The number of benzene rings is 1. The van der Waals surface area contributed by atoms with Gasteiger partial charge in [-0.25, -0.2) is 0 Å². The molecule has 0 saturated carbocycles. The molecule has 2 heteroatoms. The van der Waals surface area contributed by atoms with Crippen LogP contribution >= 0.6 is 0 Å². The maximum Gasteiger partial charge on any atom is 0.0776 e. The molecule has 18 heavy (non-hydrogen) atoms. The van der Waals surface area contributed by atoms with Crippen molar-refractivity contribution in [2.24, 2.45) is 0 Å². The topological polar surface area (TPSA) is 40.5 Å². The van der Waals surface area contributed by atoms with E-state index >= 15 is 0 Å². The molecular weight excluding hydrogens is 224 g/mol. The molecule has 2 nitrogen and oxygen atoms in total. The number of aliphatic hydroxyl groups excluding tert-OH is 2. The standard InChI is InChI=1S/C16H26O2/c1-11-6-7-13(9-15(11)16(3,4)5)12(2)8-14(18)10-17/h6-7,9,12,14,17-18H,8,10H2,1-5H3. The third-order valence-corrected chi connectivity index (χ3v) is 3.48. The number of aliphatic hydroxyl groups is 2. The van der Waals surface area contributed by atoms with Gasteiger partial charge in [-0.15, -0.1) is 0 Å². The van der Waals surface area contributed by atoms with Gasteiger partial charge in [0.05, 0.1) is 12.7 Å². The third-order valence-electron chi connectivity index (χ3n) is 3.48. The average Bonchev–Trinajstić information content (AvgIpc) is 2.27. The van der Waals surface area contributed by atoms with Gasteiger partial charge in [-0.2, -0.15) is 0 Å². The zero-order valence-electron chi connectivity index (χ0n) is 12.2. The van der Waals surface area contributed by atoms with E-state index in [1.54, 1.807) is 0 Å². The summed E-state index contributed by atoms with van der Waals surface area (Å²) in [6, 6.07) is 6.52. The van der Waals surface area contributed by atoms with Crippen LogP contribution in [0.3, 0.4) is 0 Å². The zero-order valence-corrected chi connectivity index (χ0v) is 12.2. The zero-order chi connectivity index (χ0) is 13.9. The van der Waals surface area contributed by atoms with Crippen molar-refractivity contribution in [3.63, 3.8) is 0 Å². The fourth-order valence-electron chi connectivity index (χ4n) is 2.37. The lowest BCUT2D eigenvalue weighted by Gasteiger charge is -2.24. The van der Waals surface area contributed by atoms with Gasteiger partial charge in [0.2, 0.25) is 0 Å². The van der Waals surface area contributed by atoms with Crippen LogP contribution in [0, 0.1) is 6.92 Å². The Balaban J connectivity index is 2.98. The van der Waals surface area contributed by atoms with Gasteiger partial charge in [-0.3, -0.25) is 0 Å². The highest BCUT2D eigenvalue weighted by atomic mass is 16.3. The van der Waals surface area contributed by atoms with Crippen molar-refractivity contribution in [1.82, 2.24) is 0 Å². The molecule has 0 radical (unpaired) electrons. The van der Waals surface area contributed by atoms with E-state index in [0.717, 1.165) is 0 Å². The van der Waals surface area contributed by atoms with E-state index in [1.807, 2.05) is 0 Å². The van der Waals surface area contributed by atoms with E-state index < -0.39 is 6.10 Å². The minimum Gasteiger partial charge on any atom is -0.394 e. The first-order valence-corrected chi connectivity index (χ1v) is 6.65. The van der Waals surface area contributed by atoms with Crippen molar-refractivity contribution in [2.45, 2.75) is 58.5 Å². The van der Waals surface area contributed by atoms with Gasteiger partial charge in [0.1, 0.15) is 0 Å². The summed E-state index contributed by atoms with van der Waals surface area (Å²) in [6.07, 6.45) is -0.0252. The quantitative estimate of drug-likeness (QED) is 0.862. The molecule has 0 aliphatic rings. The van der Waals surface area contributed by atoms with Gasteiger partial charge in [0.25, 0.3) is 0 Å². The van der Waals surface area contributed by atoms with Crippen LogP contribution < -0.4 is 0 Å². The minimum atomic E-state index is -0.626. The summed E-state index contributed by atoms with van der Waals surface area (Å²) in [4.78, 5) is 0. The predicted octanol–water partition coefficient (Wildman–Crippen LogP) is 3.14. The lowest BCUT2D eigenvalue weighted by Crippen LogP contribution is -2.17. The maximum absolute atomic E-state index is 9.52. The Bertz CT molecular complexity index is 391. The molecule has 0 fully saturated rings. The number of hydrogen-bond donors (Lipinski definition) is 2. The van der Waals surface area contributed by atoms with Gasteiger partial charge in [-0.1, -0.05) is 45.9 Å². The van der Waals surface area contributed by atoms with E-state index in [9.17, 15) is 5.11 Å². The Morgan fingerprint density at radius 3 is 2.33 bits per heavy atom. The molecule has 0 amide bonds. The van der Waals surface area contributed by atoms with E-state index in [4.69, 9.17) is 5.11 Å². The van der Waals surface area contributed by atoms with Crippen LogP contribution in [-0.4, -0.2) is 22.9 Å². The molecule has 0 aliphatic carbocycles. The fourth-order valence-corrected chi connectivity index (χ4v) is 2.37. The summed E-state index contributed by atoms with van der Waals surface area (Å²) in [7, 11) is 0. The van der Waals surface area contributed by atoms with Crippen molar-refractivity contribution in [2.75, 3.05) is 6.61 Å². The smallest absolute Gasteiger partial charge is 0.0776 e. The Morgan fingerprint density at radius 1 is 1.22 bits per heavy atom. The molecule has 0 aromatic heterocycles. The van der Waals surface area contributed by atoms with Crippen LogP contribution in [0.25, 0.3) is 0 Å². The molecular formula is C16H26O2. The molecule has 1 aromatic rings. The summed E-state index contributed by atoms with van der Waals surface area (Å²) in [5.41, 5.74) is 4.03. The average molecular weight is 250 g/mol. The van der Waals surface area contributed by atoms with Gasteiger partial charge in [-0.05, 0) is 41.4 Å². The molecule has 1 aromatic carbocycles. The van der Waals surface area contributed by atoms with Crippen LogP contribution in [0.15, 0.2) is 18.2 Å². The number of rotatable bonds is 4. The lowest BCUT2D eigenvalue weighted by molar-refractivity contribution is 0.0835. The van der Waals surface area contributed by atoms with E-state index in [1.165, 1.54) is 16.7 Å². The van der Waals surface area contributed by atoms with Crippen LogP contribution in [-0.2, 0) is 5.41 Å². The highest BCUT2D eigenvalue weighted by Gasteiger charge is 2.18. The fraction of sp³-hybridized carbons (Fsp3) is 0.625. The molecule has 0 heterocycles. The Hall–Kier alpha value is -0.860. The van der Waals surface area contributed by atoms with E-state index in [2.05, 4.69) is 52.8 Å². The van der Waals surface area contributed by atoms with Crippen molar-refractivity contribution in [3.05, 3.63) is 34.9 Å². The first-order valence-electron chi connectivity index (χ1n) is 6.65. The predicted molar refractivity (Wildman–Crippen MR) is 76.0 cm³/mol. The van der Waals surface area contributed by atoms with Crippen LogP contribution in [0.2, 0.25) is 0 Å². The van der Waals surface area contributed by atoms with Crippen molar-refractivity contribution >= 4 is 0 Å². The molecule has 0 saturated heterocycles. The SMILES string of the molecule is Cc1ccc(C(C)CC(O)CO)cc1C(C)(C)C. The van der Waals surface area contributed by atoms with E-state index in [-0.39, 0.29) is 17.9 Å². The van der Waals surface area contributed by atoms with Crippen LogP contribution in [0.4, 0.5) is 0 Å². The van der Waals surface area contributed by atoms with Crippen LogP contribution in [0.5, 0.6) is 0 Å². The molecule has 2 atom stereocenters. The molecule has 2 unspecified atom stereocenters. The second kappa shape index (κ2) is 5.85. The number of hydrogen-bond acceptors (Lipinski definition) is 2. The Kier molecular flexibility index (Phi) is 4.94. The van der Waals surface area contributed by atoms with Gasteiger partial charge >= 0.3 is 0 Å². The van der Waals surface area contributed by atoms with Gasteiger partial charge < -0.3 is 10.2 Å². The first kappa shape index (κ1) is 15.2. The Morgan fingerprint density at radius 2 is 1.83 bits per heavy atom. The van der Waals surface area contributed by atoms with Crippen LogP contribution in [0.1, 0.15) is 56.7 Å². The summed E-state index contributed by atoms with van der Waals surface area (Å²) < 4.78 is 0. The molecule has 2 N–H and O–H groups in total. The molecule has 0 spiro atoms. The summed E-state index contributed by atoms with van der Waals surface area (Å²) >= 11 is 0. The summed E-state index contributed by atoms with van der Waals surface area (Å²) in [6.45, 7) is 10.7. The van der Waals surface area contributed by atoms with Gasteiger partial charge in [0, 0.05) is 0 Å². The van der Waals surface area contributed by atoms with Crippen molar-refractivity contribution in [3.8, 4) is 0 Å². The summed E-state index contributed by atoms with van der Waals surface area (Å²) in [5, 5.41) is 18.4. The highest BCUT2D eigenvalue weighted by Crippen LogP contribution is 2.30. The second-order valence-corrected chi connectivity index (χ2v) is 6.30. The van der Waals surface area contributed by atoms with Gasteiger partial charge in [0.15, 0.2) is 0 Å². The third kappa shape index (κ3) is 3.82. The van der Waals surface area contributed by atoms with Crippen molar-refractivity contribution < 1.29 is 10.2 Å². The largest absolute Gasteiger partial charge is 0.394 e. The maximum atomic E-state index is 9.52. The minimum absolute atomic E-state index is 0.134. The molecule has 0 aliphatic heterocycles. The van der Waals surface area contributed by atoms with E-state index in [0.29, 0.717) is 6.42 Å². The highest BCUT2D eigenvalue weighted by molar-refractivity contribution is 5.37.